The van der Waals surface area contributed by atoms with Crippen LogP contribution < -0.4 is 4.90 Å². The van der Waals surface area contributed by atoms with Crippen LogP contribution >= 0.6 is 23.5 Å². The van der Waals surface area contributed by atoms with E-state index < -0.39 is 5.97 Å². The smallest absolute Gasteiger partial charge is 0.333 e. The van der Waals surface area contributed by atoms with Gasteiger partial charge in [0.05, 0.1) is 29.7 Å². The number of ether oxygens (including phenoxy) is 1. The number of para-hydroxylation sites is 1. The number of hydrogen-bond acceptors (Lipinski definition) is 8. The van der Waals surface area contributed by atoms with Gasteiger partial charge in [0, 0.05) is 25.4 Å². The first-order valence-corrected chi connectivity index (χ1v) is 12.8. The molecule has 8 nitrogen and oxygen atoms in total. The molecule has 2 aliphatic rings. The van der Waals surface area contributed by atoms with Crippen molar-refractivity contribution in [1.82, 2.24) is 19.7 Å². The molecule has 0 aliphatic carbocycles. The molecule has 1 amide bonds. The number of anilines is 1. The van der Waals surface area contributed by atoms with Crippen LogP contribution in [-0.4, -0.2) is 69.8 Å². The van der Waals surface area contributed by atoms with Gasteiger partial charge in [-0.25, -0.2) is 4.79 Å². The van der Waals surface area contributed by atoms with Crippen molar-refractivity contribution in [3.8, 4) is 5.69 Å². The van der Waals surface area contributed by atoms with Gasteiger partial charge >= 0.3 is 5.97 Å². The van der Waals surface area contributed by atoms with E-state index in [9.17, 15) is 9.59 Å². The predicted octanol–water partition coefficient (Wildman–Crippen LogP) is 3.33. The summed E-state index contributed by atoms with van der Waals surface area (Å²) >= 11 is 3.01. The fourth-order valence-electron chi connectivity index (χ4n) is 3.77. The number of hydrogen-bond donors (Lipinski definition) is 0. The highest BCUT2D eigenvalue weighted by molar-refractivity contribution is 8.04. The molecular formula is C22H27N5O3S2. The Morgan fingerprint density at radius 1 is 1.19 bits per heavy atom. The maximum atomic E-state index is 12.2. The third kappa shape index (κ3) is 5.29. The Morgan fingerprint density at radius 3 is 2.72 bits per heavy atom. The van der Waals surface area contributed by atoms with Crippen LogP contribution in [0.15, 0.2) is 46.6 Å². The van der Waals surface area contributed by atoms with Crippen molar-refractivity contribution in [3.63, 3.8) is 0 Å². The zero-order valence-corrected chi connectivity index (χ0v) is 19.7. The van der Waals surface area contributed by atoms with Crippen molar-refractivity contribution >= 4 is 41.3 Å². The number of carbonyl (C=O) groups is 2. The van der Waals surface area contributed by atoms with E-state index in [1.165, 1.54) is 44.2 Å². The molecule has 1 aromatic heterocycles. The maximum Gasteiger partial charge on any atom is 0.333 e. The quantitative estimate of drug-likeness (QED) is 0.250. The fraction of sp³-hybridized carbons (Fsp3) is 0.455. The largest absolute Gasteiger partial charge is 0.466 e. The van der Waals surface area contributed by atoms with Crippen molar-refractivity contribution in [2.75, 3.05) is 43.1 Å². The van der Waals surface area contributed by atoms with E-state index in [1.807, 2.05) is 18.2 Å². The molecule has 3 heterocycles. The van der Waals surface area contributed by atoms with E-state index >= 15 is 0 Å². The third-order valence-corrected chi connectivity index (χ3v) is 7.42. The van der Waals surface area contributed by atoms with Gasteiger partial charge in [-0.3, -0.25) is 9.36 Å². The SMILES string of the molecule is COC(=O)/C=C1/SCC(=O)N1CCCSc1nnc(N2CCCCC2)n1-c1ccccc1. The number of methoxy groups -OCH3 is 1. The highest BCUT2D eigenvalue weighted by atomic mass is 32.2. The fourth-order valence-corrected chi connectivity index (χ4v) is 5.60. The van der Waals surface area contributed by atoms with Gasteiger partial charge in [-0.1, -0.05) is 41.7 Å². The van der Waals surface area contributed by atoms with E-state index in [-0.39, 0.29) is 5.91 Å². The van der Waals surface area contributed by atoms with E-state index in [1.54, 1.807) is 16.7 Å². The summed E-state index contributed by atoms with van der Waals surface area (Å²) in [5, 5.41) is 10.5. The summed E-state index contributed by atoms with van der Waals surface area (Å²) < 4.78 is 6.83. The molecule has 32 heavy (non-hydrogen) atoms. The molecule has 0 atom stereocenters. The summed E-state index contributed by atoms with van der Waals surface area (Å²) in [6.07, 6.45) is 5.77. The summed E-state index contributed by atoms with van der Waals surface area (Å²) in [4.78, 5) is 27.8. The highest BCUT2D eigenvalue weighted by Gasteiger charge is 2.27. The molecule has 0 N–H and O–H groups in total. The number of aromatic nitrogens is 3. The Hall–Kier alpha value is -2.46. The molecule has 0 unspecified atom stereocenters. The number of piperidine rings is 1. The molecule has 2 saturated heterocycles. The Bertz CT molecular complexity index is 973. The second kappa shape index (κ2) is 10.9. The summed E-state index contributed by atoms with van der Waals surface area (Å²) in [6.45, 7) is 2.56. The lowest BCUT2D eigenvalue weighted by Crippen LogP contribution is -2.31. The number of rotatable bonds is 8. The zero-order chi connectivity index (χ0) is 22.3. The van der Waals surface area contributed by atoms with Crippen LogP contribution in [0.2, 0.25) is 0 Å². The summed E-state index contributed by atoms with van der Waals surface area (Å²) in [5.41, 5.74) is 1.05. The molecule has 170 valence electrons. The van der Waals surface area contributed by atoms with Crippen LogP contribution in [0.5, 0.6) is 0 Å². The minimum Gasteiger partial charge on any atom is -0.466 e. The number of amides is 1. The molecule has 0 spiro atoms. The van der Waals surface area contributed by atoms with Gasteiger partial charge in [0.1, 0.15) is 0 Å². The predicted molar refractivity (Wildman–Crippen MR) is 127 cm³/mol. The molecule has 4 rings (SSSR count). The van der Waals surface area contributed by atoms with Crippen LogP contribution in [0.3, 0.4) is 0 Å². The molecule has 0 saturated carbocycles. The summed E-state index contributed by atoms with van der Waals surface area (Å²) in [7, 11) is 1.34. The molecule has 0 bridgehead atoms. The van der Waals surface area contributed by atoms with Crippen molar-refractivity contribution in [2.45, 2.75) is 30.8 Å². The van der Waals surface area contributed by atoms with E-state index in [2.05, 4.69) is 31.8 Å². The van der Waals surface area contributed by atoms with Gasteiger partial charge in [0.25, 0.3) is 0 Å². The molecule has 2 aromatic rings. The third-order valence-electron chi connectivity index (χ3n) is 5.38. The van der Waals surface area contributed by atoms with Crippen LogP contribution in [0, 0.1) is 0 Å². The average molecular weight is 474 g/mol. The summed E-state index contributed by atoms with van der Waals surface area (Å²) in [6, 6.07) is 10.2. The lowest BCUT2D eigenvalue weighted by atomic mass is 10.1. The van der Waals surface area contributed by atoms with E-state index in [0.717, 1.165) is 42.1 Å². The monoisotopic (exact) mass is 473 g/mol. The Kier molecular flexibility index (Phi) is 7.75. The first-order valence-electron chi connectivity index (χ1n) is 10.8. The first-order chi connectivity index (χ1) is 15.7. The molecule has 10 heteroatoms. The number of benzene rings is 1. The Labute approximate surface area is 196 Å². The molecular weight excluding hydrogens is 446 g/mol. The van der Waals surface area contributed by atoms with E-state index in [0.29, 0.717) is 17.3 Å². The van der Waals surface area contributed by atoms with Gasteiger partial charge in [-0.2, -0.15) is 0 Å². The minimum atomic E-state index is -0.442. The van der Waals surface area contributed by atoms with Crippen LogP contribution in [0.1, 0.15) is 25.7 Å². The van der Waals surface area contributed by atoms with Crippen LogP contribution in [0.4, 0.5) is 5.95 Å². The van der Waals surface area contributed by atoms with Crippen molar-refractivity contribution in [3.05, 3.63) is 41.4 Å². The molecule has 1 aromatic carbocycles. The van der Waals surface area contributed by atoms with Crippen molar-refractivity contribution < 1.29 is 14.3 Å². The number of thioether (sulfide) groups is 2. The summed E-state index contributed by atoms with van der Waals surface area (Å²) in [5.74, 6) is 1.62. The van der Waals surface area contributed by atoms with Gasteiger partial charge in [0.2, 0.25) is 11.9 Å². The van der Waals surface area contributed by atoms with Gasteiger partial charge in [0.15, 0.2) is 5.16 Å². The van der Waals surface area contributed by atoms with Crippen molar-refractivity contribution in [2.24, 2.45) is 0 Å². The molecule has 2 aliphatic heterocycles. The second-order valence-electron chi connectivity index (χ2n) is 7.54. The van der Waals surface area contributed by atoms with Gasteiger partial charge in [-0.15, -0.1) is 10.2 Å². The van der Waals surface area contributed by atoms with Gasteiger partial charge in [-0.05, 0) is 37.8 Å². The lowest BCUT2D eigenvalue weighted by molar-refractivity contribution is -0.134. The Balaban J connectivity index is 1.43. The number of carbonyl (C=O) groups excluding carboxylic acids is 2. The highest BCUT2D eigenvalue weighted by Crippen LogP contribution is 2.31. The molecule has 0 radical (unpaired) electrons. The molecule has 2 fully saturated rings. The normalized spacial score (nSPS) is 17.9. The maximum absolute atomic E-state index is 12.2. The lowest BCUT2D eigenvalue weighted by Gasteiger charge is -2.27. The first kappa shape index (κ1) is 22.7. The van der Waals surface area contributed by atoms with Crippen LogP contribution in [0.25, 0.3) is 5.69 Å². The topological polar surface area (TPSA) is 80.6 Å². The van der Waals surface area contributed by atoms with Gasteiger partial charge < -0.3 is 14.5 Å². The second-order valence-corrected chi connectivity index (χ2v) is 9.60. The standard InChI is InChI=1S/C22H27N5O3S2/c1-30-20(29)15-19-26(18(28)16-32-19)13-8-14-31-22-24-23-21(25-11-6-3-7-12-25)27(22)17-9-4-2-5-10-17/h2,4-5,9-10,15H,3,6-8,11-14,16H2,1H3/b19-15+. The Morgan fingerprint density at radius 2 is 1.97 bits per heavy atom. The number of nitrogens with zero attached hydrogens (tertiary/aromatic N) is 5. The average Bonchev–Trinajstić information content (AvgIpc) is 3.41. The zero-order valence-electron chi connectivity index (χ0n) is 18.1. The van der Waals surface area contributed by atoms with Crippen LogP contribution in [-0.2, 0) is 14.3 Å². The minimum absolute atomic E-state index is 0.0231. The number of esters is 1. The van der Waals surface area contributed by atoms with E-state index in [4.69, 9.17) is 4.74 Å². The van der Waals surface area contributed by atoms with Crippen molar-refractivity contribution in [1.29, 1.82) is 0 Å².